The molecule has 21 heavy (non-hydrogen) atoms. The number of nitrogens with one attached hydrogen (secondary N) is 1. The van der Waals surface area contributed by atoms with Crippen molar-refractivity contribution in [2.24, 2.45) is 11.8 Å². The maximum Gasteiger partial charge on any atom is 0.211 e. The Bertz CT molecular complexity index is 556. The fraction of sp³-hybridized carbons (Fsp3) is 0.714. The molecule has 0 radical (unpaired) electrons. The van der Waals surface area contributed by atoms with Crippen molar-refractivity contribution in [2.75, 3.05) is 19.3 Å². The molecule has 6 nitrogen and oxygen atoms in total. The van der Waals surface area contributed by atoms with Gasteiger partial charge in [0.05, 0.1) is 12.3 Å². The van der Waals surface area contributed by atoms with Gasteiger partial charge in [0, 0.05) is 19.5 Å². The molecule has 1 fully saturated rings. The molecule has 2 heterocycles. The molecule has 0 saturated carbocycles. The van der Waals surface area contributed by atoms with Gasteiger partial charge in [0.15, 0.2) is 0 Å². The van der Waals surface area contributed by atoms with Gasteiger partial charge in [-0.1, -0.05) is 6.92 Å². The SMILES string of the molecule is CCc1ccc(C(CC2CCCN(S(C)(=O)=O)C2)NN)o1. The maximum absolute atomic E-state index is 11.7. The van der Waals surface area contributed by atoms with Crippen molar-refractivity contribution in [1.82, 2.24) is 9.73 Å². The molecule has 0 aromatic carbocycles. The third kappa shape index (κ3) is 4.29. The lowest BCUT2D eigenvalue weighted by Gasteiger charge is -2.32. The van der Waals surface area contributed by atoms with Gasteiger partial charge in [-0.15, -0.1) is 0 Å². The first-order valence-electron chi connectivity index (χ1n) is 7.44. The Morgan fingerprint density at radius 1 is 1.52 bits per heavy atom. The van der Waals surface area contributed by atoms with Crippen molar-refractivity contribution >= 4 is 10.0 Å². The van der Waals surface area contributed by atoms with E-state index in [1.807, 2.05) is 19.1 Å². The molecule has 0 aliphatic carbocycles. The van der Waals surface area contributed by atoms with Crippen LogP contribution in [0.5, 0.6) is 0 Å². The molecule has 2 unspecified atom stereocenters. The molecule has 2 atom stereocenters. The minimum atomic E-state index is -3.11. The molecule has 3 N–H and O–H groups in total. The van der Waals surface area contributed by atoms with Gasteiger partial charge in [-0.3, -0.25) is 5.84 Å². The summed E-state index contributed by atoms with van der Waals surface area (Å²) in [7, 11) is -3.11. The lowest BCUT2D eigenvalue weighted by Crippen LogP contribution is -2.41. The molecule has 7 heteroatoms. The number of furan rings is 1. The van der Waals surface area contributed by atoms with E-state index in [-0.39, 0.29) is 6.04 Å². The number of sulfonamides is 1. The smallest absolute Gasteiger partial charge is 0.211 e. The summed E-state index contributed by atoms with van der Waals surface area (Å²) in [6, 6.07) is 3.83. The van der Waals surface area contributed by atoms with Crippen molar-refractivity contribution < 1.29 is 12.8 Å². The summed E-state index contributed by atoms with van der Waals surface area (Å²) in [5.74, 6) is 7.71. The normalized spacial score (nSPS) is 22.3. The van der Waals surface area contributed by atoms with Crippen molar-refractivity contribution in [3.63, 3.8) is 0 Å². The van der Waals surface area contributed by atoms with Crippen LogP contribution in [0.3, 0.4) is 0 Å². The largest absolute Gasteiger partial charge is 0.464 e. The van der Waals surface area contributed by atoms with Crippen LogP contribution in [-0.4, -0.2) is 32.1 Å². The van der Waals surface area contributed by atoms with Gasteiger partial charge in [0.1, 0.15) is 11.5 Å². The number of aryl methyl sites for hydroxylation is 1. The highest BCUT2D eigenvalue weighted by atomic mass is 32.2. The molecule has 1 saturated heterocycles. The van der Waals surface area contributed by atoms with E-state index in [0.717, 1.165) is 37.2 Å². The second-order valence-corrected chi connectivity index (χ2v) is 7.72. The van der Waals surface area contributed by atoms with Gasteiger partial charge >= 0.3 is 0 Å². The van der Waals surface area contributed by atoms with Crippen LogP contribution in [0.1, 0.15) is 43.7 Å². The molecular weight excluding hydrogens is 290 g/mol. The molecule has 120 valence electrons. The highest BCUT2D eigenvalue weighted by molar-refractivity contribution is 7.88. The zero-order valence-corrected chi connectivity index (χ0v) is 13.5. The van der Waals surface area contributed by atoms with Crippen LogP contribution < -0.4 is 11.3 Å². The molecular formula is C14H25N3O3S. The Hall–Kier alpha value is -0.890. The van der Waals surface area contributed by atoms with E-state index >= 15 is 0 Å². The lowest BCUT2D eigenvalue weighted by molar-refractivity contribution is 0.229. The predicted octanol–water partition coefficient (Wildman–Crippen LogP) is 1.41. The number of hydrazine groups is 1. The summed E-state index contributed by atoms with van der Waals surface area (Å²) in [4.78, 5) is 0. The first kappa shape index (κ1) is 16.5. The fourth-order valence-electron chi connectivity index (χ4n) is 2.89. The Labute approximate surface area is 126 Å². The molecule has 1 aromatic heterocycles. The van der Waals surface area contributed by atoms with Crippen LogP contribution >= 0.6 is 0 Å². The Morgan fingerprint density at radius 2 is 2.29 bits per heavy atom. The number of hydrogen-bond donors (Lipinski definition) is 2. The van der Waals surface area contributed by atoms with Gasteiger partial charge in [0.2, 0.25) is 10.0 Å². The molecule has 0 amide bonds. The predicted molar refractivity (Wildman–Crippen MR) is 81.9 cm³/mol. The van der Waals surface area contributed by atoms with E-state index in [1.165, 1.54) is 6.26 Å². The third-order valence-electron chi connectivity index (χ3n) is 4.10. The minimum absolute atomic E-state index is 0.0742. The summed E-state index contributed by atoms with van der Waals surface area (Å²) >= 11 is 0. The topological polar surface area (TPSA) is 88.6 Å². The van der Waals surface area contributed by atoms with Crippen molar-refractivity contribution in [1.29, 1.82) is 0 Å². The van der Waals surface area contributed by atoms with Crippen molar-refractivity contribution in [3.8, 4) is 0 Å². The molecule has 1 aliphatic heterocycles. The number of hydrogen-bond acceptors (Lipinski definition) is 5. The summed E-state index contributed by atoms with van der Waals surface area (Å²) in [6.07, 6.45) is 4.81. The first-order chi connectivity index (χ1) is 9.94. The molecule has 1 aliphatic rings. The van der Waals surface area contributed by atoms with Gasteiger partial charge in [-0.2, -0.15) is 0 Å². The first-order valence-corrected chi connectivity index (χ1v) is 9.28. The van der Waals surface area contributed by atoms with E-state index in [1.54, 1.807) is 4.31 Å². The quantitative estimate of drug-likeness (QED) is 0.612. The molecule has 0 bridgehead atoms. The van der Waals surface area contributed by atoms with E-state index in [2.05, 4.69) is 5.43 Å². The van der Waals surface area contributed by atoms with Gasteiger partial charge in [-0.05, 0) is 37.3 Å². The maximum atomic E-state index is 11.7. The van der Waals surface area contributed by atoms with Gasteiger partial charge < -0.3 is 4.42 Å². The molecule has 2 rings (SSSR count). The Balaban J connectivity index is 2.01. The van der Waals surface area contributed by atoms with Crippen molar-refractivity contribution in [3.05, 3.63) is 23.7 Å². The van der Waals surface area contributed by atoms with E-state index in [9.17, 15) is 8.42 Å². The monoisotopic (exact) mass is 315 g/mol. The summed E-state index contributed by atoms with van der Waals surface area (Å²) < 4.78 is 30.6. The van der Waals surface area contributed by atoms with E-state index < -0.39 is 10.0 Å². The van der Waals surface area contributed by atoms with Crippen LogP contribution in [0, 0.1) is 5.92 Å². The average Bonchev–Trinajstić information content (AvgIpc) is 2.93. The number of nitrogens with two attached hydrogens (primary N) is 1. The highest BCUT2D eigenvalue weighted by Gasteiger charge is 2.28. The van der Waals surface area contributed by atoms with E-state index in [4.69, 9.17) is 10.3 Å². The number of piperidine rings is 1. The minimum Gasteiger partial charge on any atom is -0.464 e. The molecule has 0 spiro atoms. The average molecular weight is 315 g/mol. The summed E-state index contributed by atoms with van der Waals surface area (Å²) in [5.41, 5.74) is 2.79. The van der Waals surface area contributed by atoms with E-state index in [0.29, 0.717) is 19.0 Å². The standard InChI is InChI=1S/C14H25N3O3S/c1-3-12-6-7-14(20-12)13(16-15)9-11-5-4-8-17(10-11)21(2,18)19/h6-7,11,13,16H,3-5,8-10,15H2,1-2H3. The van der Waals surface area contributed by atoms with Crippen LogP contribution in [0.2, 0.25) is 0 Å². The van der Waals surface area contributed by atoms with Crippen LogP contribution in [-0.2, 0) is 16.4 Å². The number of rotatable bonds is 6. The van der Waals surface area contributed by atoms with Gasteiger partial charge in [-0.25, -0.2) is 18.1 Å². The van der Waals surface area contributed by atoms with Crippen LogP contribution in [0.15, 0.2) is 16.5 Å². The Morgan fingerprint density at radius 3 is 2.86 bits per heavy atom. The number of nitrogens with zero attached hydrogens (tertiary/aromatic N) is 1. The van der Waals surface area contributed by atoms with Crippen LogP contribution in [0.4, 0.5) is 0 Å². The van der Waals surface area contributed by atoms with Gasteiger partial charge in [0.25, 0.3) is 0 Å². The summed E-state index contributed by atoms with van der Waals surface area (Å²) in [5, 5.41) is 0. The second-order valence-electron chi connectivity index (χ2n) is 5.74. The fourth-order valence-corrected chi connectivity index (χ4v) is 3.83. The third-order valence-corrected chi connectivity index (χ3v) is 5.36. The summed E-state index contributed by atoms with van der Waals surface area (Å²) in [6.45, 7) is 3.23. The second kappa shape index (κ2) is 6.91. The lowest BCUT2D eigenvalue weighted by atomic mass is 9.92. The highest BCUT2D eigenvalue weighted by Crippen LogP contribution is 2.29. The van der Waals surface area contributed by atoms with Crippen LogP contribution in [0.25, 0.3) is 0 Å². The van der Waals surface area contributed by atoms with Crippen molar-refractivity contribution in [2.45, 2.75) is 38.6 Å². The molecule has 1 aromatic rings. The zero-order chi connectivity index (χ0) is 15.5. The zero-order valence-electron chi connectivity index (χ0n) is 12.7. The Kier molecular flexibility index (Phi) is 5.43.